The van der Waals surface area contributed by atoms with E-state index in [1.54, 1.807) is 28.9 Å². The van der Waals surface area contributed by atoms with Crippen LogP contribution in [-0.2, 0) is 0 Å². The van der Waals surface area contributed by atoms with Crippen molar-refractivity contribution in [3.63, 3.8) is 0 Å². The minimum absolute atomic E-state index is 0.546. The van der Waals surface area contributed by atoms with Crippen molar-refractivity contribution in [3.8, 4) is 22.1 Å². The summed E-state index contributed by atoms with van der Waals surface area (Å²) < 4.78 is 1.65. The van der Waals surface area contributed by atoms with Gasteiger partial charge in [-0.15, -0.1) is 10.2 Å². The van der Waals surface area contributed by atoms with Gasteiger partial charge in [0, 0.05) is 16.8 Å². The summed E-state index contributed by atoms with van der Waals surface area (Å²) in [6, 6.07) is 7.04. The van der Waals surface area contributed by atoms with Crippen molar-refractivity contribution in [1.29, 1.82) is 0 Å². The van der Waals surface area contributed by atoms with E-state index in [4.69, 9.17) is 23.2 Å². The summed E-state index contributed by atoms with van der Waals surface area (Å²) in [5.74, 6) is 0.555. The molecule has 1 aromatic carbocycles. The number of aromatic amines is 1. The van der Waals surface area contributed by atoms with Gasteiger partial charge < -0.3 is 0 Å². The van der Waals surface area contributed by atoms with Crippen LogP contribution in [0.2, 0.25) is 10.0 Å². The fourth-order valence-electron chi connectivity index (χ4n) is 1.94. The largest absolute Gasteiger partial charge is 0.275 e. The first-order valence-electron chi connectivity index (χ1n) is 5.90. The standard InChI is InChI=1S/C12H6Cl2N6S/c13-6-1-2-8(14)7(5-6)10-17-18-12-20(10)19-11(21-12)9-3-4-15-16-9/h1-5H,(H,15,16). The van der Waals surface area contributed by atoms with Gasteiger partial charge in [-0.3, -0.25) is 5.10 Å². The third-order valence-electron chi connectivity index (χ3n) is 2.89. The Labute approximate surface area is 132 Å². The predicted molar refractivity (Wildman–Crippen MR) is 81.7 cm³/mol. The van der Waals surface area contributed by atoms with Gasteiger partial charge in [0.1, 0.15) is 0 Å². The molecular formula is C12H6Cl2N6S. The van der Waals surface area contributed by atoms with E-state index in [1.807, 2.05) is 6.07 Å². The highest BCUT2D eigenvalue weighted by Crippen LogP contribution is 2.31. The van der Waals surface area contributed by atoms with Crippen molar-refractivity contribution >= 4 is 39.5 Å². The van der Waals surface area contributed by atoms with Crippen molar-refractivity contribution in [2.24, 2.45) is 0 Å². The van der Waals surface area contributed by atoms with Gasteiger partial charge in [0.25, 0.3) is 0 Å². The Hall–Kier alpha value is -1.96. The molecule has 6 nitrogen and oxygen atoms in total. The van der Waals surface area contributed by atoms with Gasteiger partial charge in [-0.2, -0.15) is 14.7 Å². The molecule has 104 valence electrons. The molecule has 21 heavy (non-hydrogen) atoms. The summed E-state index contributed by atoms with van der Waals surface area (Å²) in [5.41, 5.74) is 1.52. The first-order valence-corrected chi connectivity index (χ1v) is 7.47. The first kappa shape index (κ1) is 12.8. The lowest BCUT2D eigenvalue weighted by molar-refractivity contribution is 0.964. The number of fused-ring (bicyclic) bond motifs is 1. The molecule has 0 aliphatic carbocycles. The maximum Gasteiger partial charge on any atom is 0.235 e. The molecule has 0 aliphatic rings. The number of nitrogens with zero attached hydrogens (tertiary/aromatic N) is 5. The van der Waals surface area contributed by atoms with Crippen LogP contribution in [-0.4, -0.2) is 30.0 Å². The maximum atomic E-state index is 6.21. The number of hydrogen-bond acceptors (Lipinski definition) is 5. The zero-order valence-electron chi connectivity index (χ0n) is 10.3. The highest BCUT2D eigenvalue weighted by molar-refractivity contribution is 7.19. The van der Waals surface area contributed by atoms with E-state index in [9.17, 15) is 0 Å². The van der Waals surface area contributed by atoms with Gasteiger partial charge in [0.2, 0.25) is 4.96 Å². The summed E-state index contributed by atoms with van der Waals surface area (Å²) in [6.07, 6.45) is 1.67. The fourth-order valence-corrected chi connectivity index (χ4v) is 3.13. The van der Waals surface area contributed by atoms with Gasteiger partial charge in [0.15, 0.2) is 10.8 Å². The lowest BCUT2D eigenvalue weighted by Crippen LogP contribution is -1.92. The summed E-state index contributed by atoms with van der Waals surface area (Å²) in [4.78, 5) is 0.672. The van der Waals surface area contributed by atoms with Crippen LogP contribution in [0.15, 0.2) is 30.5 Å². The molecule has 4 rings (SSSR count). The number of aromatic nitrogens is 6. The molecule has 0 radical (unpaired) electrons. The highest BCUT2D eigenvalue weighted by Gasteiger charge is 2.17. The van der Waals surface area contributed by atoms with Crippen LogP contribution in [0.5, 0.6) is 0 Å². The van der Waals surface area contributed by atoms with E-state index in [2.05, 4.69) is 25.5 Å². The van der Waals surface area contributed by atoms with Crippen LogP contribution in [0.25, 0.3) is 27.1 Å². The topological polar surface area (TPSA) is 71.8 Å². The van der Waals surface area contributed by atoms with Crippen molar-refractivity contribution in [2.75, 3.05) is 0 Å². The van der Waals surface area contributed by atoms with E-state index >= 15 is 0 Å². The van der Waals surface area contributed by atoms with E-state index in [0.29, 0.717) is 26.4 Å². The van der Waals surface area contributed by atoms with Crippen molar-refractivity contribution in [1.82, 2.24) is 30.0 Å². The summed E-state index contributed by atoms with van der Waals surface area (Å²) in [7, 11) is 0. The molecule has 1 N–H and O–H groups in total. The lowest BCUT2D eigenvalue weighted by Gasteiger charge is -2.01. The van der Waals surface area contributed by atoms with Crippen LogP contribution < -0.4 is 0 Å². The zero-order valence-corrected chi connectivity index (χ0v) is 12.6. The van der Waals surface area contributed by atoms with Crippen molar-refractivity contribution in [3.05, 3.63) is 40.5 Å². The SMILES string of the molecule is Clc1ccc(Cl)c(-c2nnc3sc(-c4ccn[nH]4)nn23)c1. The minimum Gasteiger partial charge on any atom is -0.275 e. The molecule has 0 saturated carbocycles. The summed E-state index contributed by atoms with van der Waals surface area (Å²) in [6.45, 7) is 0. The quantitative estimate of drug-likeness (QED) is 0.607. The monoisotopic (exact) mass is 336 g/mol. The average molecular weight is 337 g/mol. The first-order chi connectivity index (χ1) is 10.2. The normalized spacial score (nSPS) is 11.3. The smallest absolute Gasteiger partial charge is 0.235 e. The Balaban J connectivity index is 1.92. The van der Waals surface area contributed by atoms with E-state index < -0.39 is 0 Å². The van der Waals surface area contributed by atoms with Crippen LogP contribution in [0.3, 0.4) is 0 Å². The Morgan fingerprint density at radius 2 is 2.05 bits per heavy atom. The van der Waals surface area contributed by atoms with Crippen LogP contribution >= 0.6 is 34.5 Å². The molecule has 0 unspecified atom stereocenters. The van der Waals surface area contributed by atoms with Gasteiger partial charge >= 0.3 is 0 Å². The predicted octanol–water partition coefficient (Wildman–Crippen LogP) is 3.55. The van der Waals surface area contributed by atoms with Crippen LogP contribution in [0.4, 0.5) is 0 Å². The molecule has 3 aromatic heterocycles. The average Bonchev–Trinajstić information content (AvgIpc) is 3.15. The Morgan fingerprint density at radius 1 is 1.14 bits per heavy atom. The van der Waals surface area contributed by atoms with Crippen molar-refractivity contribution in [2.45, 2.75) is 0 Å². The Bertz CT molecular complexity index is 927. The maximum absolute atomic E-state index is 6.21. The second-order valence-corrected chi connectivity index (χ2v) is 6.02. The Kier molecular flexibility index (Phi) is 2.91. The van der Waals surface area contributed by atoms with Gasteiger partial charge in [-0.25, -0.2) is 0 Å². The number of H-pyrrole nitrogens is 1. The number of nitrogens with one attached hydrogen (secondary N) is 1. The lowest BCUT2D eigenvalue weighted by atomic mass is 10.2. The number of rotatable bonds is 2. The van der Waals surface area contributed by atoms with Gasteiger partial charge in [0.05, 0.1) is 10.7 Å². The molecule has 9 heteroatoms. The van der Waals surface area contributed by atoms with E-state index in [1.165, 1.54) is 11.3 Å². The van der Waals surface area contributed by atoms with Crippen molar-refractivity contribution < 1.29 is 0 Å². The molecule has 0 atom stereocenters. The molecule has 4 aromatic rings. The number of halogens is 2. The molecular weight excluding hydrogens is 331 g/mol. The van der Waals surface area contributed by atoms with E-state index in [-0.39, 0.29) is 0 Å². The van der Waals surface area contributed by atoms with Gasteiger partial charge in [-0.05, 0) is 24.3 Å². The summed E-state index contributed by atoms with van der Waals surface area (Å²) >= 11 is 13.6. The second kappa shape index (κ2) is 4.80. The summed E-state index contributed by atoms with van der Waals surface area (Å²) in [5, 5.41) is 21.5. The second-order valence-electron chi connectivity index (χ2n) is 4.22. The fraction of sp³-hybridized carbons (Fsp3) is 0. The number of benzene rings is 1. The molecule has 0 saturated heterocycles. The van der Waals surface area contributed by atoms with E-state index in [0.717, 1.165) is 10.7 Å². The molecule has 0 fully saturated rings. The van der Waals surface area contributed by atoms with Gasteiger partial charge in [-0.1, -0.05) is 34.5 Å². The molecule has 0 amide bonds. The third kappa shape index (κ3) is 2.10. The minimum atomic E-state index is 0.546. The molecule has 0 spiro atoms. The highest BCUT2D eigenvalue weighted by atomic mass is 35.5. The molecule has 0 bridgehead atoms. The molecule has 3 heterocycles. The number of hydrogen-bond donors (Lipinski definition) is 1. The third-order valence-corrected chi connectivity index (χ3v) is 4.39. The molecule has 0 aliphatic heterocycles. The Morgan fingerprint density at radius 3 is 2.86 bits per heavy atom. The van der Waals surface area contributed by atoms with Crippen LogP contribution in [0.1, 0.15) is 0 Å². The zero-order chi connectivity index (χ0) is 14.4. The van der Waals surface area contributed by atoms with Crippen LogP contribution in [0, 0.1) is 0 Å².